The van der Waals surface area contributed by atoms with Crippen molar-refractivity contribution in [3.63, 3.8) is 0 Å². The van der Waals surface area contributed by atoms with Gasteiger partial charge in [0.2, 0.25) is 22.9 Å². The first-order chi connectivity index (χ1) is 19.3. The van der Waals surface area contributed by atoms with Gasteiger partial charge >= 0.3 is 0 Å². The van der Waals surface area contributed by atoms with Crippen LogP contribution in [0.5, 0.6) is 11.5 Å². The van der Waals surface area contributed by atoms with Gasteiger partial charge in [-0.25, -0.2) is 0 Å². The molecule has 3 amide bonds. The van der Waals surface area contributed by atoms with Crippen molar-refractivity contribution in [2.75, 3.05) is 44.1 Å². The van der Waals surface area contributed by atoms with E-state index in [4.69, 9.17) is 9.47 Å². The number of piperidine rings is 1. The van der Waals surface area contributed by atoms with Crippen molar-refractivity contribution in [2.24, 2.45) is 11.8 Å². The normalized spacial score (nSPS) is 17.7. The lowest BCUT2D eigenvalue weighted by Crippen LogP contribution is -2.44. The highest BCUT2D eigenvalue weighted by Crippen LogP contribution is 2.31. The molecule has 210 valence electrons. The van der Waals surface area contributed by atoms with Gasteiger partial charge in [-0.1, -0.05) is 35.1 Å². The zero-order valence-electron chi connectivity index (χ0n) is 22.9. The van der Waals surface area contributed by atoms with Gasteiger partial charge in [-0.2, -0.15) is 0 Å². The van der Waals surface area contributed by atoms with E-state index in [-0.39, 0.29) is 36.0 Å². The molecule has 1 aromatic heterocycles. The summed E-state index contributed by atoms with van der Waals surface area (Å²) >= 11 is 1.34. The Hall–Kier alpha value is -3.99. The predicted molar refractivity (Wildman–Crippen MR) is 152 cm³/mol. The predicted octanol–water partition coefficient (Wildman–Crippen LogP) is 3.68. The largest absolute Gasteiger partial charge is 0.493 e. The lowest BCUT2D eigenvalue weighted by Gasteiger charge is -2.32. The fraction of sp³-hybridized carbons (Fsp3) is 0.414. The van der Waals surface area contributed by atoms with E-state index < -0.39 is 0 Å². The summed E-state index contributed by atoms with van der Waals surface area (Å²) in [5, 5.41) is 12.5. The minimum atomic E-state index is -0.357. The van der Waals surface area contributed by atoms with Crippen LogP contribution in [0, 0.1) is 18.8 Å². The van der Waals surface area contributed by atoms with Gasteiger partial charge in [0.1, 0.15) is 5.01 Å². The molecule has 3 heterocycles. The SMILES string of the molecule is COc1ccc(Cc2nnc(NC(=O)C3CCN(C(=O)C4CC(=O)N(c5ccc(C)cc5)C4)CC3)s2)cc1OC. The Morgan fingerprint density at radius 1 is 1.00 bits per heavy atom. The average molecular weight is 564 g/mol. The highest BCUT2D eigenvalue weighted by molar-refractivity contribution is 7.15. The number of rotatable bonds is 8. The molecule has 3 aromatic rings. The number of benzene rings is 2. The molecule has 1 unspecified atom stereocenters. The molecular weight excluding hydrogens is 530 g/mol. The van der Waals surface area contributed by atoms with E-state index in [1.165, 1.54) is 11.3 Å². The van der Waals surface area contributed by atoms with Crippen molar-refractivity contribution >= 4 is 39.9 Å². The molecule has 2 aromatic carbocycles. The molecule has 10 nitrogen and oxygen atoms in total. The number of hydrogen-bond acceptors (Lipinski definition) is 8. The highest BCUT2D eigenvalue weighted by atomic mass is 32.1. The number of aromatic nitrogens is 2. The lowest BCUT2D eigenvalue weighted by atomic mass is 9.94. The summed E-state index contributed by atoms with van der Waals surface area (Å²) in [7, 11) is 3.19. The second kappa shape index (κ2) is 12.0. The number of carbonyl (C=O) groups is 3. The lowest BCUT2D eigenvalue weighted by molar-refractivity contribution is -0.138. The van der Waals surface area contributed by atoms with Crippen LogP contribution >= 0.6 is 11.3 Å². The first kappa shape index (κ1) is 27.6. The average Bonchev–Trinajstić information content (AvgIpc) is 3.58. The number of hydrogen-bond donors (Lipinski definition) is 1. The van der Waals surface area contributed by atoms with Crippen LogP contribution in [-0.4, -0.2) is 66.7 Å². The van der Waals surface area contributed by atoms with E-state index in [1.54, 1.807) is 24.0 Å². The van der Waals surface area contributed by atoms with Gasteiger partial charge in [0.25, 0.3) is 0 Å². The zero-order chi connectivity index (χ0) is 28.2. The molecule has 0 aliphatic carbocycles. The van der Waals surface area contributed by atoms with Crippen LogP contribution < -0.4 is 19.7 Å². The maximum atomic E-state index is 13.2. The van der Waals surface area contributed by atoms with E-state index >= 15 is 0 Å². The van der Waals surface area contributed by atoms with E-state index in [1.807, 2.05) is 49.4 Å². The van der Waals surface area contributed by atoms with E-state index in [9.17, 15) is 14.4 Å². The number of amides is 3. The monoisotopic (exact) mass is 563 g/mol. The maximum Gasteiger partial charge on any atom is 0.229 e. The fourth-order valence-electron chi connectivity index (χ4n) is 5.22. The van der Waals surface area contributed by atoms with Crippen molar-refractivity contribution in [1.82, 2.24) is 15.1 Å². The number of likely N-dealkylation sites (tertiary alicyclic amines) is 1. The first-order valence-corrected chi connectivity index (χ1v) is 14.2. The third-order valence-electron chi connectivity index (χ3n) is 7.50. The Bertz CT molecular complexity index is 1380. The number of methoxy groups -OCH3 is 2. The number of ether oxygens (including phenoxy) is 2. The van der Waals surface area contributed by atoms with Crippen LogP contribution in [0.15, 0.2) is 42.5 Å². The first-order valence-electron chi connectivity index (χ1n) is 13.3. The van der Waals surface area contributed by atoms with Gasteiger partial charge in [-0.15, -0.1) is 10.2 Å². The Morgan fingerprint density at radius 2 is 1.73 bits per heavy atom. The fourth-order valence-corrected chi connectivity index (χ4v) is 5.99. The summed E-state index contributed by atoms with van der Waals surface area (Å²) in [6.45, 7) is 3.38. The molecule has 0 radical (unpaired) electrons. The molecule has 0 spiro atoms. The minimum Gasteiger partial charge on any atom is -0.493 e. The molecule has 2 saturated heterocycles. The number of carbonyl (C=O) groups excluding carboxylic acids is 3. The van der Waals surface area contributed by atoms with E-state index in [2.05, 4.69) is 15.5 Å². The van der Waals surface area contributed by atoms with Crippen LogP contribution in [0.3, 0.4) is 0 Å². The summed E-state index contributed by atoms with van der Waals surface area (Å²) in [6.07, 6.45) is 1.91. The Morgan fingerprint density at radius 3 is 2.42 bits per heavy atom. The summed E-state index contributed by atoms with van der Waals surface area (Å²) in [6, 6.07) is 13.5. The van der Waals surface area contributed by atoms with Gasteiger partial charge in [0.15, 0.2) is 11.5 Å². The Kier molecular flexibility index (Phi) is 8.29. The van der Waals surface area contributed by atoms with Crippen molar-refractivity contribution in [3.8, 4) is 11.5 Å². The van der Waals surface area contributed by atoms with Crippen molar-refractivity contribution in [3.05, 3.63) is 58.6 Å². The molecule has 2 aliphatic rings. The summed E-state index contributed by atoms with van der Waals surface area (Å²) < 4.78 is 10.7. The topological polar surface area (TPSA) is 114 Å². The van der Waals surface area contributed by atoms with E-state index in [0.717, 1.165) is 21.8 Å². The number of nitrogens with zero attached hydrogens (tertiary/aromatic N) is 4. The summed E-state index contributed by atoms with van der Waals surface area (Å²) in [5.41, 5.74) is 2.94. The maximum absolute atomic E-state index is 13.2. The molecule has 2 aliphatic heterocycles. The van der Waals surface area contributed by atoms with Gasteiger partial charge in [0.05, 0.1) is 20.1 Å². The Labute approximate surface area is 237 Å². The van der Waals surface area contributed by atoms with Crippen LogP contribution in [-0.2, 0) is 20.8 Å². The molecule has 11 heteroatoms. The quantitative estimate of drug-likeness (QED) is 0.445. The molecular formula is C29H33N5O5S. The van der Waals surface area contributed by atoms with E-state index in [0.29, 0.717) is 55.5 Å². The zero-order valence-corrected chi connectivity index (χ0v) is 23.7. The molecule has 0 bridgehead atoms. The van der Waals surface area contributed by atoms with Gasteiger partial charge in [-0.05, 0) is 49.6 Å². The third-order valence-corrected chi connectivity index (χ3v) is 8.34. The summed E-state index contributed by atoms with van der Waals surface area (Å²) in [5.74, 6) is 0.588. The van der Waals surface area contributed by atoms with Gasteiger partial charge < -0.3 is 24.6 Å². The number of nitrogens with one attached hydrogen (secondary N) is 1. The second-order valence-electron chi connectivity index (χ2n) is 10.2. The standard InChI is InChI=1S/C29H33N5O5S/c1-18-4-7-22(8-5-18)34-17-21(16-26(34)35)28(37)33-12-10-20(11-13-33)27(36)30-29-32-31-25(40-29)15-19-6-9-23(38-2)24(14-19)39-3/h4-9,14,20-21H,10-13,15-17H2,1-3H3,(H,30,32,36). The molecule has 5 rings (SSSR count). The van der Waals surface area contributed by atoms with Crippen LogP contribution in [0.1, 0.15) is 35.4 Å². The summed E-state index contributed by atoms with van der Waals surface area (Å²) in [4.78, 5) is 42.2. The smallest absolute Gasteiger partial charge is 0.229 e. The number of anilines is 2. The Balaban J connectivity index is 1.10. The highest BCUT2D eigenvalue weighted by Gasteiger charge is 2.38. The van der Waals surface area contributed by atoms with Gasteiger partial charge in [-0.3, -0.25) is 14.4 Å². The minimum absolute atomic E-state index is 0.00857. The van der Waals surface area contributed by atoms with Crippen molar-refractivity contribution in [2.45, 2.75) is 32.6 Å². The second-order valence-corrected chi connectivity index (χ2v) is 11.3. The molecule has 0 saturated carbocycles. The van der Waals surface area contributed by atoms with Crippen molar-refractivity contribution in [1.29, 1.82) is 0 Å². The number of aryl methyl sites for hydroxylation is 1. The molecule has 1 atom stereocenters. The van der Waals surface area contributed by atoms with Gasteiger partial charge in [0, 0.05) is 44.1 Å². The molecule has 1 N–H and O–H groups in total. The third kappa shape index (κ3) is 6.09. The van der Waals surface area contributed by atoms with Crippen LogP contribution in [0.4, 0.5) is 10.8 Å². The molecule has 40 heavy (non-hydrogen) atoms. The van der Waals surface area contributed by atoms with Crippen LogP contribution in [0.2, 0.25) is 0 Å². The van der Waals surface area contributed by atoms with Crippen LogP contribution in [0.25, 0.3) is 0 Å². The molecule has 2 fully saturated rings. The van der Waals surface area contributed by atoms with Crippen molar-refractivity contribution < 1.29 is 23.9 Å².